The summed E-state index contributed by atoms with van der Waals surface area (Å²) in [7, 11) is 0. The number of ether oxygens (including phenoxy) is 2. The molecule has 0 saturated heterocycles. The van der Waals surface area contributed by atoms with Gasteiger partial charge in [0.1, 0.15) is 29.4 Å². The van der Waals surface area contributed by atoms with E-state index in [0.717, 1.165) is 18.2 Å². The lowest BCUT2D eigenvalue weighted by atomic mass is 10.2. The molecule has 2 aromatic rings. The van der Waals surface area contributed by atoms with Crippen molar-refractivity contribution in [3.8, 4) is 23.3 Å². The van der Waals surface area contributed by atoms with E-state index >= 15 is 0 Å². The summed E-state index contributed by atoms with van der Waals surface area (Å²) < 4.78 is 48.9. The first-order chi connectivity index (χ1) is 11.7. The number of aliphatic hydroxyl groups excluding tert-OH is 1. The smallest absolute Gasteiger partial charge is 0.416 e. The highest BCUT2D eigenvalue weighted by Gasteiger charge is 2.31. The summed E-state index contributed by atoms with van der Waals surface area (Å²) >= 11 is 5.85. The van der Waals surface area contributed by atoms with Crippen LogP contribution in [-0.4, -0.2) is 17.8 Å². The summed E-state index contributed by atoms with van der Waals surface area (Å²) in [6.07, 6.45) is -5.05. The van der Waals surface area contributed by atoms with E-state index in [4.69, 9.17) is 31.4 Å². The second-order valence-electron chi connectivity index (χ2n) is 5.13. The SMILES string of the molecule is CC(CO)Oc1cc(Oc2ccc(C(F)(F)F)cc2Cl)ccc1C#N. The van der Waals surface area contributed by atoms with Crippen LogP contribution < -0.4 is 9.47 Å². The zero-order valence-corrected chi connectivity index (χ0v) is 13.7. The van der Waals surface area contributed by atoms with Gasteiger partial charge in [-0.05, 0) is 37.3 Å². The Morgan fingerprint density at radius 2 is 1.92 bits per heavy atom. The third-order valence-corrected chi connectivity index (χ3v) is 3.44. The normalized spacial score (nSPS) is 12.4. The zero-order chi connectivity index (χ0) is 18.6. The summed E-state index contributed by atoms with van der Waals surface area (Å²) in [6, 6.07) is 8.98. The van der Waals surface area contributed by atoms with E-state index < -0.39 is 17.8 Å². The van der Waals surface area contributed by atoms with Crippen LogP contribution in [0.4, 0.5) is 13.2 Å². The summed E-state index contributed by atoms with van der Waals surface area (Å²) in [6.45, 7) is 1.36. The van der Waals surface area contributed by atoms with Crippen LogP contribution in [0.2, 0.25) is 5.02 Å². The van der Waals surface area contributed by atoms with Crippen molar-refractivity contribution < 1.29 is 27.8 Å². The first kappa shape index (κ1) is 18.9. The van der Waals surface area contributed by atoms with Gasteiger partial charge in [-0.3, -0.25) is 0 Å². The fourth-order valence-electron chi connectivity index (χ4n) is 1.90. The monoisotopic (exact) mass is 371 g/mol. The van der Waals surface area contributed by atoms with E-state index in [-0.39, 0.29) is 34.4 Å². The maximum Gasteiger partial charge on any atom is 0.416 e. The number of halogens is 4. The molecule has 0 saturated carbocycles. The van der Waals surface area contributed by atoms with Crippen LogP contribution in [0.1, 0.15) is 18.1 Å². The average Bonchev–Trinajstić information content (AvgIpc) is 2.56. The van der Waals surface area contributed by atoms with Gasteiger partial charge in [-0.15, -0.1) is 0 Å². The molecule has 2 rings (SSSR count). The predicted octanol–water partition coefficient (Wildman–Crippen LogP) is 4.78. The number of alkyl halides is 3. The number of aliphatic hydroxyl groups is 1. The standard InChI is InChI=1S/C17H13ClF3NO3/c1-10(9-23)24-16-7-13(4-2-11(16)8-22)25-15-5-3-12(6-14(15)18)17(19,20)21/h2-7,10,23H,9H2,1H3. The van der Waals surface area contributed by atoms with Crippen molar-refractivity contribution in [3.05, 3.63) is 52.5 Å². The van der Waals surface area contributed by atoms with E-state index in [1.807, 2.05) is 6.07 Å². The molecule has 1 N–H and O–H groups in total. The quantitative estimate of drug-likeness (QED) is 0.821. The minimum atomic E-state index is -4.50. The molecule has 0 aliphatic heterocycles. The van der Waals surface area contributed by atoms with E-state index in [0.29, 0.717) is 0 Å². The van der Waals surface area contributed by atoms with Gasteiger partial charge in [0.2, 0.25) is 0 Å². The maximum absolute atomic E-state index is 12.7. The largest absolute Gasteiger partial charge is 0.487 e. The average molecular weight is 372 g/mol. The van der Waals surface area contributed by atoms with Crippen LogP contribution in [0.3, 0.4) is 0 Å². The van der Waals surface area contributed by atoms with Gasteiger partial charge < -0.3 is 14.6 Å². The molecule has 2 aromatic carbocycles. The van der Waals surface area contributed by atoms with Gasteiger partial charge in [-0.25, -0.2) is 0 Å². The highest BCUT2D eigenvalue weighted by molar-refractivity contribution is 6.32. The Balaban J connectivity index is 2.29. The third-order valence-electron chi connectivity index (χ3n) is 3.15. The molecular weight excluding hydrogens is 359 g/mol. The lowest BCUT2D eigenvalue weighted by Gasteiger charge is -2.15. The van der Waals surface area contributed by atoms with Gasteiger partial charge in [0.15, 0.2) is 0 Å². The molecule has 25 heavy (non-hydrogen) atoms. The highest BCUT2D eigenvalue weighted by Crippen LogP contribution is 2.37. The molecule has 0 heterocycles. The molecule has 1 atom stereocenters. The summed E-state index contributed by atoms with van der Waals surface area (Å²) in [5, 5.41) is 17.9. The fourth-order valence-corrected chi connectivity index (χ4v) is 2.12. The van der Waals surface area contributed by atoms with Crippen molar-refractivity contribution in [3.63, 3.8) is 0 Å². The Kier molecular flexibility index (Phi) is 5.77. The van der Waals surface area contributed by atoms with E-state index in [1.54, 1.807) is 6.92 Å². The van der Waals surface area contributed by atoms with Crippen LogP contribution >= 0.6 is 11.6 Å². The van der Waals surface area contributed by atoms with Crippen molar-refractivity contribution in [2.45, 2.75) is 19.2 Å². The number of hydrogen-bond acceptors (Lipinski definition) is 4. The van der Waals surface area contributed by atoms with Crippen LogP contribution in [0.5, 0.6) is 17.2 Å². The molecule has 1 unspecified atom stereocenters. The molecule has 8 heteroatoms. The number of rotatable bonds is 5. The minimum absolute atomic E-state index is 0.0283. The molecule has 0 bridgehead atoms. The summed E-state index contributed by atoms with van der Waals surface area (Å²) in [4.78, 5) is 0. The molecule has 132 valence electrons. The van der Waals surface area contributed by atoms with Gasteiger partial charge in [0.05, 0.1) is 22.8 Å². The molecule has 0 aliphatic carbocycles. The van der Waals surface area contributed by atoms with Crippen LogP contribution in [0, 0.1) is 11.3 Å². The first-order valence-corrected chi connectivity index (χ1v) is 7.48. The second-order valence-corrected chi connectivity index (χ2v) is 5.53. The molecular formula is C17H13ClF3NO3. The van der Waals surface area contributed by atoms with Gasteiger partial charge in [-0.1, -0.05) is 11.6 Å². The van der Waals surface area contributed by atoms with Crippen molar-refractivity contribution >= 4 is 11.6 Å². The Hall–Kier alpha value is -2.43. The fraction of sp³-hybridized carbons (Fsp3) is 0.235. The molecule has 0 fully saturated rings. The molecule has 0 aliphatic rings. The summed E-state index contributed by atoms with van der Waals surface area (Å²) in [5.41, 5.74) is -0.656. The lowest BCUT2D eigenvalue weighted by Crippen LogP contribution is -2.16. The molecule has 0 aromatic heterocycles. The van der Waals surface area contributed by atoms with Gasteiger partial charge in [-0.2, -0.15) is 18.4 Å². The minimum Gasteiger partial charge on any atom is -0.487 e. The Morgan fingerprint density at radius 1 is 1.20 bits per heavy atom. The highest BCUT2D eigenvalue weighted by atomic mass is 35.5. The van der Waals surface area contributed by atoms with Crippen molar-refractivity contribution in [1.82, 2.24) is 0 Å². The number of benzene rings is 2. The Labute approximate surface area is 147 Å². The van der Waals surface area contributed by atoms with Gasteiger partial charge in [0, 0.05) is 6.07 Å². The third kappa shape index (κ3) is 4.78. The molecule has 4 nitrogen and oxygen atoms in total. The molecule has 0 radical (unpaired) electrons. The lowest BCUT2D eigenvalue weighted by molar-refractivity contribution is -0.137. The van der Waals surface area contributed by atoms with Crippen LogP contribution in [0.15, 0.2) is 36.4 Å². The zero-order valence-electron chi connectivity index (χ0n) is 13.0. The van der Waals surface area contributed by atoms with E-state index in [1.165, 1.54) is 18.2 Å². The van der Waals surface area contributed by atoms with E-state index in [2.05, 4.69) is 0 Å². The number of nitrogens with zero attached hydrogens (tertiary/aromatic N) is 1. The Bertz CT molecular complexity index is 803. The second kappa shape index (κ2) is 7.64. The number of nitriles is 1. The maximum atomic E-state index is 12.7. The predicted molar refractivity (Wildman–Crippen MR) is 84.9 cm³/mol. The van der Waals surface area contributed by atoms with Crippen LogP contribution in [-0.2, 0) is 6.18 Å². The first-order valence-electron chi connectivity index (χ1n) is 7.11. The van der Waals surface area contributed by atoms with Crippen molar-refractivity contribution in [2.24, 2.45) is 0 Å². The van der Waals surface area contributed by atoms with Crippen molar-refractivity contribution in [2.75, 3.05) is 6.61 Å². The van der Waals surface area contributed by atoms with Crippen LogP contribution in [0.25, 0.3) is 0 Å². The van der Waals surface area contributed by atoms with E-state index in [9.17, 15) is 13.2 Å². The summed E-state index contributed by atoms with van der Waals surface area (Å²) in [5.74, 6) is 0.436. The number of hydrogen-bond donors (Lipinski definition) is 1. The molecule has 0 spiro atoms. The molecule has 0 amide bonds. The van der Waals surface area contributed by atoms with Gasteiger partial charge >= 0.3 is 6.18 Å². The topological polar surface area (TPSA) is 62.5 Å². The van der Waals surface area contributed by atoms with Crippen molar-refractivity contribution in [1.29, 1.82) is 5.26 Å². The Morgan fingerprint density at radius 3 is 2.48 bits per heavy atom. The van der Waals surface area contributed by atoms with Gasteiger partial charge in [0.25, 0.3) is 0 Å².